The minimum Gasteiger partial charge on any atom is -0.488 e. The Hall–Kier alpha value is -2.24. The molecule has 0 spiro atoms. The van der Waals surface area contributed by atoms with E-state index in [0.29, 0.717) is 24.4 Å². The van der Waals surface area contributed by atoms with E-state index in [1.165, 1.54) is 12.8 Å². The molecule has 1 saturated heterocycles. The molecule has 0 radical (unpaired) electrons. The molecule has 24 heavy (non-hydrogen) atoms. The van der Waals surface area contributed by atoms with Crippen molar-refractivity contribution in [1.82, 2.24) is 4.90 Å². The van der Waals surface area contributed by atoms with Gasteiger partial charge in [-0.25, -0.2) is 4.79 Å². The number of carbonyl (C=O) groups excluding carboxylic acids is 1. The van der Waals surface area contributed by atoms with E-state index in [2.05, 4.69) is 5.32 Å². The summed E-state index contributed by atoms with van der Waals surface area (Å²) < 4.78 is 6.02. The number of ether oxygens (including phenoxy) is 1. The lowest BCUT2D eigenvalue weighted by atomic mass is 9.90. The number of likely N-dealkylation sites (tertiary alicyclic amines) is 1. The van der Waals surface area contributed by atoms with Crippen molar-refractivity contribution in [2.45, 2.75) is 45.1 Å². The molecule has 130 valence electrons. The van der Waals surface area contributed by atoms with Gasteiger partial charge in [-0.1, -0.05) is 12.1 Å². The monoisotopic (exact) mass is 332 g/mol. The molecule has 1 unspecified atom stereocenters. The second-order valence-electron chi connectivity index (χ2n) is 6.99. The summed E-state index contributed by atoms with van der Waals surface area (Å²) in [6, 6.07) is 7.13. The van der Waals surface area contributed by atoms with Gasteiger partial charge in [-0.15, -0.1) is 0 Å². The number of carboxylic acid groups (broad SMARTS) is 1. The molecule has 2 aliphatic rings. The quantitative estimate of drug-likeness (QED) is 0.886. The van der Waals surface area contributed by atoms with Crippen molar-refractivity contribution in [2.75, 3.05) is 18.4 Å². The van der Waals surface area contributed by atoms with Gasteiger partial charge in [0.2, 0.25) is 0 Å². The van der Waals surface area contributed by atoms with Crippen molar-refractivity contribution in [3.8, 4) is 5.75 Å². The van der Waals surface area contributed by atoms with E-state index in [4.69, 9.17) is 4.74 Å². The number of rotatable bonds is 4. The number of hydrogen-bond donors (Lipinski definition) is 2. The molecule has 6 nitrogen and oxygen atoms in total. The maximum Gasteiger partial charge on any atom is 0.321 e. The zero-order valence-electron chi connectivity index (χ0n) is 14.0. The fourth-order valence-electron chi connectivity index (χ4n) is 3.36. The van der Waals surface area contributed by atoms with Gasteiger partial charge >= 0.3 is 12.0 Å². The maximum atomic E-state index is 12.5. The summed E-state index contributed by atoms with van der Waals surface area (Å²) in [6.45, 7) is 2.35. The molecule has 1 aliphatic carbocycles. The summed E-state index contributed by atoms with van der Waals surface area (Å²) in [5.74, 6) is -0.180. The van der Waals surface area contributed by atoms with Gasteiger partial charge in [-0.3, -0.25) is 4.79 Å². The highest BCUT2D eigenvalue weighted by Crippen LogP contribution is 2.32. The summed E-state index contributed by atoms with van der Waals surface area (Å²) in [4.78, 5) is 25.4. The number of nitrogens with zero attached hydrogens (tertiary/aromatic N) is 1. The molecule has 1 aromatic carbocycles. The van der Waals surface area contributed by atoms with Crippen LogP contribution in [0.4, 0.5) is 10.5 Å². The number of aliphatic carboxylic acids is 1. The van der Waals surface area contributed by atoms with Crippen LogP contribution in [-0.2, 0) is 4.79 Å². The number of urea groups is 1. The minimum absolute atomic E-state index is 0.213. The molecule has 2 amide bonds. The second kappa shape index (κ2) is 6.71. The van der Waals surface area contributed by atoms with Crippen LogP contribution in [0.3, 0.4) is 0 Å². The first-order valence-electron chi connectivity index (χ1n) is 8.53. The normalized spacial score (nSPS) is 24.1. The van der Waals surface area contributed by atoms with Crippen LogP contribution < -0.4 is 10.1 Å². The van der Waals surface area contributed by atoms with E-state index in [1.807, 2.05) is 24.3 Å². The van der Waals surface area contributed by atoms with Crippen molar-refractivity contribution in [3.63, 3.8) is 0 Å². The molecule has 1 heterocycles. The van der Waals surface area contributed by atoms with E-state index in [9.17, 15) is 14.7 Å². The zero-order valence-corrected chi connectivity index (χ0v) is 14.0. The van der Waals surface area contributed by atoms with E-state index >= 15 is 0 Å². The highest BCUT2D eigenvalue weighted by molar-refractivity contribution is 5.91. The Morgan fingerprint density at radius 1 is 1.29 bits per heavy atom. The summed E-state index contributed by atoms with van der Waals surface area (Å²) >= 11 is 0. The number of anilines is 1. The highest BCUT2D eigenvalue weighted by Gasteiger charge is 2.42. The largest absolute Gasteiger partial charge is 0.488 e. The van der Waals surface area contributed by atoms with Crippen molar-refractivity contribution < 1.29 is 19.4 Å². The van der Waals surface area contributed by atoms with Crippen molar-refractivity contribution in [3.05, 3.63) is 24.3 Å². The van der Waals surface area contributed by atoms with E-state index in [0.717, 1.165) is 12.8 Å². The van der Waals surface area contributed by atoms with Crippen LogP contribution in [0.2, 0.25) is 0 Å². The standard InChI is InChI=1S/C18H24N2O4/c1-18(16(21)22)10-11-20(12-18)17(23)19-14-8-4-5-9-15(14)24-13-6-2-3-7-13/h4-5,8-9,13H,2-3,6-7,10-12H2,1H3,(H,19,23)(H,21,22). The third kappa shape index (κ3) is 3.47. The predicted octanol–water partition coefficient (Wildman–Crippen LogP) is 3.34. The van der Waals surface area contributed by atoms with Crippen LogP contribution in [0.1, 0.15) is 39.0 Å². The molecule has 2 N–H and O–H groups in total. The molecular formula is C18H24N2O4. The molecule has 6 heteroatoms. The molecule has 0 bridgehead atoms. The van der Waals surface area contributed by atoms with Gasteiger partial charge in [0.05, 0.1) is 17.2 Å². The molecule has 0 aromatic heterocycles. The zero-order chi connectivity index (χ0) is 17.2. The first-order valence-corrected chi connectivity index (χ1v) is 8.53. The average Bonchev–Trinajstić information content (AvgIpc) is 3.20. The molecule has 1 atom stereocenters. The van der Waals surface area contributed by atoms with Crippen molar-refractivity contribution >= 4 is 17.7 Å². The lowest BCUT2D eigenvalue weighted by molar-refractivity contribution is -0.146. The SMILES string of the molecule is CC1(C(=O)O)CCN(C(=O)Nc2ccccc2OC2CCCC2)C1. The molecule has 2 fully saturated rings. The van der Waals surface area contributed by atoms with E-state index in [1.54, 1.807) is 11.8 Å². The lowest BCUT2D eigenvalue weighted by Gasteiger charge is -2.22. The Morgan fingerprint density at radius 2 is 2.00 bits per heavy atom. The predicted molar refractivity (Wildman–Crippen MR) is 90.3 cm³/mol. The first kappa shape index (κ1) is 16.6. The first-order chi connectivity index (χ1) is 11.5. The molecule has 1 saturated carbocycles. The number of nitrogens with one attached hydrogen (secondary N) is 1. The Kier molecular flexibility index (Phi) is 4.64. The van der Waals surface area contributed by atoms with E-state index < -0.39 is 11.4 Å². The molecule has 1 aliphatic heterocycles. The fourth-order valence-corrected chi connectivity index (χ4v) is 3.36. The number of para-hydroxylation sites is 2. The third-order valence-corrected chi connectivity index (χ3v) is 5.00. The second-order valence-corrected chi connectivity index (χ2v) is 6.99. The minimum atomic E-state index is -0.864. The number of carbonyl (C=O) groups is 2. The molecular weight excluding hydrogens is 308 g/mol. The smallest absolute Gasteiger partial charge is 0.321 e. The number of amides is 2. The number of hydrogen-bond acceptors (Lipinski definition) is 3. The Morgan fingerprint density at radius 3 is 2.67 bits per heavy atom. The fraction of sp³-hybridized carbons (Fsp3) is 0.556. The van der Waals surface area contributed by atoms with Gasteiger partial charge in [0.25, 0.3) is 0 Å². The van der Waals surface area contributed by atoms with Crippen LogP contribution in [0, 0.1) is 5.41 Å². The summed E-state index contributed by atoms with van der Waals surface area (Å²) in [5, 5.41) is 12.2. The van der Waals surface area contributed by atoms with Crippen LogP contribution in [0.15, 0.2) is 24.3 Å². The van der Waals surface area contributed by atoms with Gasteiger partial charge < -0.3 is 20.1 Å². The topological polar surface area (TPSA) is 78.9 Å². The van der Waals surface area contributed by atoms with E-state index in [-0.39, 0.29) is 18.7 Å². The summed E-state index contributed by atoms with van der Waals surface area (Å²) in [6.07, 6.45) is 5.14. The average molecular weight is 332 g/mol. The van der Waals surface area contributed by atoms with Gasteiger partial charge in [0.1, 0.15) is 5.75 Å². The Bertz CT molecular complexity index is 627. The van der Waals surface area contributed by atoms with Gasteiger partial charge in [-0.05, 0) is 51.2 Å². The van der Waals surface area contributed by atoms with Crippen LogP contribution in [0.25, 0.3) is 0 Å². The highest BCUT2D eigenvalue weighted by atomic mass is 16.5. The summed E-state index contributed by atoms with van der Waals surface area (Å²) in [7, 11) is 0. The Balaban J connectivity index is 1.65. The van der Waals surface area contributed by atoms with Crippen molar-refractivity contribution in [2.24, 2.45) is 5.41 Å². The van der Waals surface area contributed by atoms with Gasteiger partial charge in [-0.2, -0.15) is 0 Å². The van der Waals surface area contributed by atoms with Crippen molar-refractivity contribution in [1.29, 1.82) is 0 Å². The lowest BCUT2D eigenvalue weighted by Crippen LogP contribution is -2.37. The Labute approximate surface area is 141 Å². The number of carboxylic acids is 1. The molecule has 1 aromatic rings. The molecule has 3 rings (SSSR count). The van der Waals surface area contributed by atoms with Crippen LogP contribution in [-0.4, -0.2) is 41.2 Å². The summed E-state index contributed by atoms with van der Waals surface area (Å²) in [5.41, 5.74) is -0.227. The maximum absolute atomic E-state index is 12.5. The number of benzene rings is 1. The van der Waals surface area contributed by atoms with Crippen LogP contribution in [0.5, 0.6) is 5.75 Å². The van der Waals surface area contributed by atoms with Gasteiger partial charge in [0.15, 0.2) is 0 Å². The van der Waals surface area contributed by atoms with Gasteiger partial charge in [0, 0.05) is 13.1 Å². The third-order valence-electron chi connectivity index (χ3n) is 5.00. The van der Waals surface area contributed by atoms with Crippen LogP contribution >= 0.6 is 0 Å².